The predicted octanol–water partition coefficient (Wildman–Crippen LogP) is 25.0. The van der Waals surface area contributed by atoms with E-state index in [9.17, 15) is 0 Å². The molecule has 0 radical (unpaired) electrons. The second kappa shape index (κ2) is 27.7. The van der Waals surface area contributed by atoms with Gasteiger partial charge in [0.15, 0.2) is 14.3 Å². The van der Waals surface area contributed by atoms with Crippen LogP contribution in [0.1, 0.15) is 0 Å². The zero-order valence-corrected chi connectivity index (χ0v) is 64.6. The third kappa shape index (κ3) is 11.2. The molecule has 6 heterocycles. The van der Waals surface area contributed by atoms with Crippen LogP contribution in [0.4, 0.5) is 0 Å². The maximum absolute atomic E-state index is 15.7. The summed E-state index contributed by atoms with van der Waals surface area (Å²) in [6.07, 6.45) is 0. The standard InChI is InChI=1S/C57H37N2OP.C50H32N3OP/c60-61(46-19-8-3-9-20-46)55-23-13-12-22-48(55)51-36-54-50(37-56(51)61)49-33-32-42-18-10-11-21-47(42)57(49)59(54)45-34-52(43-28-24-40(25-29-43)38-14-4-1-5-15-38)58-53(35-45)44-30-26-41(27-31-44)39-16-6-2-7-17-39;54-55(38-19-8-3-9-20-38)47-23-13-12-22-40(47)43-30-46-42(31-48(43)55)41-29-28-35-16-10-11-21-39(35)49(41)53(46)50-51-44(36-17-6-2-7-18-36)32-45(52-50)37-26-24-34(25-27-37)33-14-4-1-5-15-33/h1-37H;1-32H. The smallest absolute Gasteiger partial charge is 0.235 e. The molecular weight excluding hydrogens is 1450 g/mol. The number of hydrogen-bond donors (Lipinski definition) is 0. The minimum atomic E-state index is -3.16. The number of fused-ring (bicyclic) bond motifs is 16. The number of benzene rings is 17. The second-order valence-corrected chi connectivity index (χ2v) is 35.4. The molecule has 2 unspecified atom stereocenters. The van der Waals surface area contributed by atoms with Crippen molar-refractivity contribution in [1.82, 2.24) is 24.1 Å². The van der Waals surface area contributed by atoms with Crippen LogP contribution < -0.4 is 31.8 Å². The summed E-state index contributed by atoms with van der Waals surface area (Å²) >= 11 is 0. The predicted molar refractivity (Wildman–Crippen MR) is 485 cm³/mol. The van der Waals surface area contributed by atoms with Crippen LogP contribution in [0.25, 0.3) is 177 Å². The lowest BCUT2D eigenvalue weighted by atomic mass is 10.0. The lowest BCUT2D eigenvalue weighted by Crippen LogP contribution is -2.20. The molecule has 2 aliphatic rings. The summed E-state index contributed by atoms with van der Waals surface area (Å²) in [4.78, 5) is 16.1. The first-order valence-electron chi connectivity index (χ1n) is 39.2. The number of hydrogen-bond acceptors (Lipinski definition) is 5. The summed E-state index contributed by atoms with van der Waals surface area (Å²) in [5.74, 6) is 0.581. The zero-order chi connectivity index (χ0) is 77.0. The first-order valence-corrected chi connectivity index (χ1v) is 42.7. The summed E-state index contributed by atoms with van der Waals surface area (Å²) in [6, 6.07) is 146. The molecule has 116 heavy (non-hydrogen) atoms. The quantitative estimate of drug-likeness (QED) is 0.121. The fourth-order valence-corrected chi connectivity index (χ4v) is 24.0. The molecule has 0 aliphatic carbocycles. The summed E-state index contributed by atoms with van der Waals surface area (Å²) in [5.41, 5.74) is 23.7. The Morgan fingerprint density at radius 2 is 0.517 bits per heavy atom. The maximum atomic E-state index is 15.7. The van der Waals surface area contributed by atoms with Crippen LogP contribution in [0, 0.1) is 0 Å². The van der Waals surface area contributed by atoms with Gasteiger partial charge in [0.05, 0.1) is 50.5 Å². The van der Waals surface area contributed by atoms with Crippen molar-refractivity contribution in [2.45, 2.75) is 0 Å². The Bertz CT molecular complexity index is 7480. The van der Waals surface area contributed by atoms with E-state index in [0.717, 1.165) is 187 Å². The van der Waals surface area contributed by atoms with Gasteiger partial charge in [-0.15, -0.1) is 0 Å². The fraction of sp³-hybridized carbons (Fsp3) is 0. The maximum Gasteiger partial charge on any atom is 0.235 e. The molecule has 21 aromatic rings. The first kappa shape index (κ1) is 68.4. The molecule has 2 atom stereocenters. The van der Waals surface area contributed by atoms with Crippen molar-refractivity contribution in [3.8, 4) is 112 Å². The van der Waals surface area contributed by atoms with Gasteiger partial charge in [0, 0.05) is 86.4 Å². The second-order valence-electron chi connectivity index (χ2n) is 30.0. The van der Waals surface area contributed by atoms with Gasteiger partial charge in [-0.1, -0.05) is 376 Å². The van der Waals surface area contributed by atoms with E-state index in [1.807, 2.05) is 121 Å². The molecule has 0 fully saturated rings. The van der Waals surface area contributed by atoms with Gasteiger partial charge in [-0.05, 0) is 109 Å². The van der Waals surface area contributed by atoms with Gasteiger partial charge in [0.1, 0.15) is 0 Å². The Balaban J connectivity index is 0.000000141. The van der Waals surface area contributed by atoms with E-state index in [4.69, 9.17) is 15.0 Å². The fourth-order valence-electron chi connectivity index (χ4n) is 17.9. The number of nitrogens with zero attached hydrogens (tertiary/aromatic N) is 5. The minimum Gasteiger partial charge on any atom is -0.309 e. The van der Waals surface area contributed by atoms with E-state index in [1.54, 1.807) is 0 Å². The van der Waals surface area contributed by atoms with E-state index < -0.39 is 14.3 Å². The molecule has 0 saturated heterocycles. The van der Waals surface area contributed by atoms with Crippen molar-refractivity contribution in [1.29, 1.82) is 0 Å². The van der Waals surface area contributed by atoms with Crippen molar-refractivity contribution in [2.24, 2.45) is 0 Å². The van der Waals surface area contributed by atoms with Crippen molar-refractivity contribution in [2.75, 3.05) is 0 Å². The molecule has 0 amide bonds. The third-order valence-corrected chi connectivity index (χ3v) is 29.7. The summed E-state index contributed by atoms with van der Waals surface area (Å²) < 4.78 is 36.0. The van der Waals surface area contributed by atoms with Gasteiger partial charge >= 0.3 is 0 Å². The molecule has 17 aromatic carbocycles. The molecule has 7 nitrogen and oxygen atoms in total. The highest BCUT2D eigenvalue weighted by molar-refractivity contribution is 7.87. The summed E-state index contributed by atoms with van der Waals surface area (Å²) in [7, 11) is -6.32. The highest BCUT2D eigenvalue weighted by atomic mass is 31.2. The van der Waals surface area contributed by atoms with E-state index in [2.05, 4.69) is 306 Å². The van der Waals surface area contributed by atoms with Crippen LogP contribution in [0.2, 0.25) is 0 Å². The molecule has 2 aliphatic heterocycles. The van der Waals surface area contributed by atoms with Crippen LogP contribution >= 0.6 is 14.3 Å². The van der Waals surface area contributed by atoms with Crippen molar-refractivity contribution in [3.63, 3.8) is 0 Å². The van der Waals surface area contributed by atoms with E-state index >= 15 is 9.13 Å². The molecule has 0 N–H and O–H groups in total. The SMILES string of the molecule is O=P1(c2ccccc2)c2ccccc2-c2cc3c(cc21)c1ccc2ccccc2c1n3-c1cc(-c2ccc(-c3ccccc3)cc2)nc(-c2ccc(-c3ccccc3)cc2)c1.O=P1(c2ccccc2)c2ccccc2-c2cc3c(cc21)c1ccc2ccccc2c1n3-c1nc(-c2ccccc2)cc(-c2ccc(-c3ccccc3)cc2)n1. The molecular formula is C107H69N5O2P2. The van der Waals surface area contributed by atoms with E-state index in [-0.39, 0.29) is 0 Å². The number of pyridine rings is 1. The van der Waals surface area contributed by atoms with E-state index in [1.165, 1.54) is 16.7 Å². The van der Waals surface area contributed by atoms with Gasteiger partial charge in [-0.2, -0.15) is 0 Å². The highest BCUT2D eigenvalue weighted by Crippen LogP contribution is 2.56. The van der Waals surface area contributed by atoms with Gasteiger partial charge in [0.2, 0.25) is 5.95 Å². The summed E-state index contributed by atoms with van der Waals surface area (Å²) in [6.45, 7) is 0. The highest BCUT2D eigenvalue weighted by Gasteiger charge is 2.43. The zero-order valence-electron chi connectivity index (χ0n) is 62.8. The molecule has 544 valence electrons. The average Bonchev–Trinajstić information content (AvgIpc) is 1.54. The van der Waals surface area contributed by atoms with Crippen LogP contribution in [0.3, 0.4) is 0 Å². The molecule has 0 saturated carbocycles. The van der Waals surface area contributed by atoms with Gasteiger partial charge in [-0.25, -0.2) is 15.0 Å². The van der Waals surface area contributed by atoms with Crippen LogP contribution in [-0.4, -0.2) is 24.1 Å². The normalized spacial score (nSPS) is 14.5. The van der Waals surface area contributed by atoms with Gasteiger partial charge in [0.25, 0.3) is 0 Å². The van der Waals surface area contributed by atoms with Crippen molar-refractivity contribution < 1.29 is 9.13 Å². The monoisotopic (exact) mass is 1520 g/mol. The number of aromatic nitrogens is 5. The first-order chi connectivity index (χ1) is 57.3. The topological polar surface area (TPSA) is 82.7 Å². The average molecular weight is 1520 g/mol. The largest absolute Gasteiger partial charge is 0.309 e. The van der Waals surface area contributed by atoms with Crippen molar-refractivity contribution >= 4 is 111 Å². The van der Waals surface area contributed by atoms with Crippen LogP contribution in [0.5, 0.6) is 0 Å². The van der Waals surface area contributed by atoms with Crippen LogP contribution in [-0.2, 0) is 9.13 Å². The lowest BCUT2D eigenvalue weighted by Gasteiger charge is -2.16. The lowest BCUT2D eigenvalue weighted by molar-refractivity contribution is 0.592. The Morgan fingerprint density at radius 3 is 0.931 bits per heavy atom. The Kier molecular flexibility index (Phi) is 16.3. The Hall–Kier alpha value is -14.5. The van der Waals surface area contributed by atoms with Gasteiger partial charge in [-0.3, -0.25) is 4.57 Å². The number of rotatable bonds is 11. The molecule has 0 bridgehead atoms. The Labute approximate surface area is 670 Å². The Morgan fingerprint density at radius 1 is 0.207 bits per heavy atom. The third-order valence-electron chi connectivity index (χ3n) is 23.4. The summed E-state index contributed by atoms with van der Waals surface area (Å²) in [5, 5.41) is 14.1. The molecule has 9 heteroatoms. The minimum absolute atomic E-state index is 0.581. The van der Waals surface area contributed by atoms with Crippen LogP contribution in [0.15, 0.2) is 419 Å². The van der Waals surface area contributed by atoms with E-state index in [0.29, 0.717) is 5.95 Å². The molecule has 0 spiro atoms. The van der Waals surface area contributed by atoms with Gasteiger partial charge < -0.3 is 13.7 Å². The molecule has 23 rings (SSSR count). The molecule has 4 aromatic heterocycles. The van der Waals surface area contributed by atoms with Crippen molar-refractivity contribution in [3.05, 3.63) is 419 Å².